The number of hydrogen-bond acceptors (Lipinski definition) is 7. The lowest BCUT2D eigenvalue weighted by Crippen LogP contribution is -2.36. The predicted octanol–water partition coefficient (Wildman–Crippen LogP) is 4.99. The van der Waals surface area contributed by atoms with E-state index in [1.807, 2.05) is 0 Å². The van der Waals surface area contributed by atoms with E-state index >= 15 is 0 Å². The molecule has 0 fully saturated rings. The van der Waals surface area contributed by atoms with Crippen molar-refractivity contribution in [3.63, 3.8) is 0 Å². The number of hydrogen-bond donors (Lipinski definition) is 1. The number of aryl methyl sites for hydroxylation is 1. The van der Waals surface area contributed by atoms with Gasteiger partial charge in [0, 0.05) is 35.3 Å². The highest BCUT2D eigenvalue weighted by Gasteiger charge is 2.50. The van der Waals surface area contributed by atoms with E-state index in [2.05, 4.69) is 31.8 Å². The first-order valence-corrected chi connectivity index (χ1v) is 11.2. The number of anilines is 1. The van der Waals surface area contributed by atoms with E-state index in [0.717, 1.165) is 12.3 Å². The summed E-state index contributed by atoms with van der Waals surface area (Å²) in [5, 5.41) is -0.324. The summed E-state index contributed by atoms with van der Waals surface area (Å²) >= 11 is 0. The topological polar surface area (TPSA) is 104 Å². The maximum absolute atomic E-state index is 13.8. The number of esters is 1. The Morgan fingerprint density at radius 1 is 1.00 bits per heavy atom. The van der Waals surface area contributed by atoms with Crippen LogP contribution < -0.4 is 5.73 Å². The van der Waals surface area contributed by atoms with E-state index in [4.69, 9.17) is 10.5 Å². The summed E-state index contributed by atoms with van der Waals surface area (Å²) in [6, 6.07) is 10.1. The number of fused-ring (bicyclic) bond motifs is 2. The Morgan fingerprint density at radius 2 is 1.79 bits per heavy atom. The first-order valence-electron chi connectivity index (χ1n) is 11.2. The highest BCUT2D eigenvalue weighted by molar-refractivity contribution is 5.90. The fraction of sp³-hybridized carbons (Fsp3) is 0.192. The summed E-state index contributed by atoms with van der Waals surface area (Å²) < 4.78 is 85.3. The lowest BCUT2D eigenvalue weighted by atomic mass is 10.00. The zero-order valence-electron chi connectivity index (χ0n) is 19.6. The van der Waals surface area contributed by atoms with E-state index in [-0.39, 0.29) is 52.2 Å². The zero-order chi connectivity index (χ0) is 28.0. The molecule has 3 aromatic heterocycles. The van der Waals surface area contributed by atoms with Crippen LogP contribution in [0.25, 0.3) is 22.3 Å². The van der Waals surface area contributed by atoms with Gasteiger partial charge in [-0.3, -0.25) is 4.98 Å². The van der Waals surface area contributed by atoms with Crippen molar-refractivity contribution in [3.05, 3.63) is 77.4 Å². The first kappa shape index (κ1) is 25.9. The average molecular weight is 543 g/mol. The van der Waals surface area contributed by atoms with Crippen molar-refractivity contribution in [2.24, 2.45) is 0 Å². The molecule has 0 aliphatic heterocycles. The molecule has 0 radical (unpaired) electrons. The monoisotopic (exact) mass is 543 g/mol. The number of benzene rings is 1. The van der Waals surface area contributed by atoms with E-state index in [1.165, 1.54) is 30.5 Å². The number of aromatic nitrogens is 4. The SMILES string of the molecule is Nc1nccc2c(C(F)(F)F)nc(-c3cccc(C#C[C@]4(OC(=O)C(F)(F)F)CCc5cccnc54)c3)nc12. The van der Waals surface area contributed by atoms with Crippen molar-refractivity contribution < 1.29 is 35.9 Å². The van der Waals surface area contributed by atoms with E-state index in [1.54, 1.807) is 12.1 Å². The van der Waals surface area contributed by atoms with Crippen molar-refractivity contribution in [1.29, 1.82) is 0 Å². The third kappa shape index (κ3) is 4.93. The number of pyridine rings is 2. The Kier molecular flexibility index (Phi) is 6.13. The molecule has 4 aromatic rings. The lowest BCUT2D eigenvalue weighted by molar-refractivity contribution is -0.210. The average Bonchev–Trinajstić information content (AvgIpc) is 3.25. The summed E-state index contributed by atoms with van der Waals surface area (Å²) in [5.74, 6) is 2.34. The van der Waals surface area contributed by atoms with Crippen LogP contribution in [0.3, 0.4) is 0 Å². The minimum absolute atomic E-state index is 0.0666. The smallest absolute Gasteiger partial charge is 0.433 e. The molecule has 7 nitrogen and oxygen atoms in total. The molecule has 1 aliphatic rings. The quantitative estimate of drug-likeness (QED) is 0.216. The molecule has 0 saturated carbocycles. The van der Waals surface area contributed by atoms with E-state index in [9.17, 15) is 31.1 Å². The number of carbonyl (C=O) groups is 1. The van der Waals surface area contributed by atoms with Gasteiger partial charge in [-0.2, -0.15) is 26.3 Å². The van der Waals surface area contributed by atoms with Gasteiger partial charge >= 0.3 is 18.3 Å². The largest absolute Gasteiger partial charge is 0.490 e. The molecule has 1 aliphatic carbocycles. The molecule has 13 heteroatoms. The standard InChI is InChI=1S/C26H15F6N5O2/c27-25(28,29)20-17-8-12-35-21(33)18(17)36-22(37-20)16-4-1-3-14(13-16)6-9-24(39-23(38)26(30,31)32)10-7-15-5-2-11-34-19(15)24/h1-5,8,11-13H,7,10H2,(H2,33,35)/t24-/m0/s1. The van der Waals surface area contributed by atoms with Gasteiger partial charge in [-0.15, -0.1) is 0 Å². The molecular weight excluding hydrogens is 528 g/mol. The maximum atomic E-state index is 13.8. The van der Waals surface area contributed by atoms with Gasteiger partial charge < -0.3 is 10.5 Å². The Bertz CT molecular complexity index is 1680. The molecule has 0 saturated heterocycles. The molecule has 39 heavy (non-hydrogen) atoms. The van der Waals surface area contributed by atoms with Crippen LogP contribution >= 0.6 is 0 Å². The second-order valence-electron chi connectivity index (χ2n) is 8.54. The number of alkyl halides is 6. The molecule has 5 rings (SSSR count). The van der Waals surface area contributed by atoms with E-state index < -0.39 is 29.6 Å². The number of ether oxygens (including phenoxy) is 1. The summed E-state index contributed by atoms with van der Waals surface area (Å²) in [4.78, 5) is 27.5. The molecule has 1 atom stereocenters. The number of rotatable bonds is 2. The van der Waals surface area contributed by atoms with Crippen LogP contribution in [-0.2, 0) is 27.7 Å². The molecule has 0 unspecified atom stereocenters. The van der Waals surface area contributed by atoms with Gasteiger partial charge in [0.1, 0.15) is 11.3 Å². The van der Waals surface area contributed by atoms with Crippen molar-refractivity contribution >= 4 is 22.7 Å². The molecule has 0 amide bonds. The fourth-order valence-corrected chi connectivity index (χ4v) is 4.23. The van der Waals surface area contributed by atoms with Crippen LogP contribution in [0.5, 0.6) is 0 Å². The second-order valence-corrected chi connectivity index (χ2v) is 8.54. The van der Waals surface area contributed by atoms with Crippen LogP contribution in [0.4, 0.5) is 32.2 Å². The van der Waals surface area contributed by atoms with Gasteiger partial charge in [0.25, 0.3) is 0 Å². The number of carbonyl (C=O) groups excluding carboxylic acids is 1. The van der Waals surface area contributed by atoms with Gasteiger partial charge in [0.2, 0.25) is 5.60 Å². The summed E-state index contributed by atoms with van der Waals surface area (Å²) in [5.41, 5.74) is 3.37. The van der Waals surface area contributed by atoms with Crippen molar-refractivity contribution in [1.82, 2.24) is 19.9 Å². The van der Waals surface area contributed by atoms with E-state index in [0.29, 0.717) is 5.56 Å². The van der Waals surface area contributed by atoms with Crippen molar-refractivity contribution in [3.8, 4) is 23.2 Å². The molecule has 1 aromatic carbocycles. The van der Waals surface area contributed by atoms with Crippen LogP contribution in [-0.4, -0.2) is 32.1 Å². The summed E-state index contributed by atoms with van der Waals surface area (Å²) in [7, 11) is 0. The summed E-state index contributed by atoms with van der Waals surface area (Å²) in [6.07, 6.45) is -7.42. The maximum Gasteiger partial charge on any atom is 0.490 e. The third-order valence-corrected chi connectivity index (χ3v) is 5.96. The van der Waals surface area contributed by atoms with Gasteiger partial charge in [-0.1, -0.05) is 24.1 Å². The first-order chi connectivity index (χ1) is 18.4. The number of nitrogens with two attached hydrogens (primary N) is 1. The molecule has 198 valence electrons. The molecule has 2 N–H and O–H groups in total. The Labute approximate surface area is 216 Å². The Hall–Kier alpha value is -4.73. The Morgan fingerprint density at radius 3 is 2.54 bits per heavy atom. The molecule has 0 bridgehead atoms. The number of nitrogen functional groups attached to an aromatic ring is 1. The molecule has 0 spiro atoms. The normalized spacial score (nSPS) is 16.9. The third-order valence-electron chi connectivity index (χ3n) is 5.96. The summed E-state index contributed by atoms with van der Waals surface area (Å²) in [6.45, 7) is 0. The lowest BCUT2D eigenvalue weighted by Gasteiger charge is -2.24. The second kappa shape index (κ2) is 9.23. The van der Waals surface area contributed by atoms with Gasteiger partial charge in [-0.25, -0.2) is 19.7 Å². The predicted molar refractivity (Wildman–Crippen MR) is 125 cm³/mol. The van der Waals surface area contributed by atoms with Crippen molar-refractivity contribution in [2.75, 3.05) is 5.73 Å². The Balaban J connectivity index is 1.59. The number of halogens is 6. The highest BCUT2D eigenvalue weighted by Crippen LogP contribution is 2.40. The van der Waals surface area contributed by atoms with Crippen LogP contribution in [0.2, 0.25) is 0 Å². The molecular formula is C26H15F6N5O2. The fourth-order valence-electron chi connectivity index (χ4n) is 4.23. The van der Waals surface area contributed by atoms with Crippen LogP contribution in [0.15, 0.2) is 54.9 Å². The van der Waals surface area contributed by atoms with Crippen LogP contribution in [0.1, 0.15) is 28.9 Å². The highest BCUT2D eigenvalue weighted by atomic mass is 19.4. The minimum Gasteiger partial charge on any atom is -0.433 e. The zero-order valence-corrected chi connectivity index (χ0v) is 19.6. The van der Waals surface area contributed by atoms with Gasteiger partial charge in [0.05, 0.1) is 5.69 Å². The van der Waals surface area contributed by atoms with Gasteiger partial charge in [0.15, 0.2) is 11.5 Å². The van der Waals surface area contributed by atoms with Crippen LogP contribution in [0, 0.1) is 11.8 Å². The minimum atomic E-state index is -5.26. The number of nitrogens with zero attached hydrogens (tertiary/aromatic N) is 4. The van der Waals surface area contributed by atoms with Gasteiger partial charge in [-0.05, 0) is 42.2 Å². The molecule has 3 heterocycles. The van der Waals surface area contributed by atoms with Crippen molar-refractivity contribution in [2.45, 2.75) is 30.8 Å².